The molecule has 0 saturated heterocycles. The van der Waals surface area contributed by atoms with E-state index in [1.165, 1.54) is 18.4 Å². The molecule has 17 heavy (non-hydrogen) atoms. The van der Waals surface area contributed by atoms with Gasteiger partial charge in [0.25, 0.3) is 0 Å². The number of fused-ring (bicyclic) bond motifs is 1. The van der Waals surface area contributed by atoms with Crippen LogP contribution in [-0.2, 0) is 12.8 Å². The van der Waals surface area contributed by atoms with Crippen molar-refractivity contribution in [3.63, 3.8) is 0 Å². The molecule has 0 aliphatic heterocycles. The lowest BCUT2D eigenvalue weighted by Crippen LogP contribution is -2.23. The van der Waals surface area contributed by atoms with E-state index in [1.807, 2.05) is 0 Å². The van der Waals surface area contributed by atoms with Crippen molar-refractivity contribution in [2.45, 2.75) is 46.6 Å². The molecule has 2 unspecified atom stereocenters. The third-order valence-corrected chi connectivity index (χ3v) is 3.72. The minimum atomic E-state index is 0.571. The van der Waals surface area contributed by atoms with Crippen molar-refractivity contribution in [3.8, 4) is 0 Å². The van der Waals surface area contributed by atoms with Gasteiger partial charge in [0, 0.05) is 6.04 Å². The highest BCUT2D eigenvalue weighted by molar-refractivity contribution is 5.39. The summed E-state index contributed by atoms with van der Waals surface area (Å²) in [5.74, 6) is 1.48. The topological polar surface area (TPSA) is 12.0 Å². The van der Waals surface area contributed by atoms with Crippen molar-refractivity contribution in [1.29, 1.82) is 0 Å². The van der Waals surface area contributed by atoms with Gasteiger partial charge in [-0.05, 0) is 47.9 Å². The third kappa shape index (κ3) is 2.71. The summed E-state index contributed by atoms with van der Waals surface area (Å²) in [6.45, 7) is 10.2. The van der Waals surface area contributed by atoms with Gasteiger partial charge < -0.3 is 5.32 Å². The maximum Gasteiger partial charge on any atom is 0.0351 e. The SMILES string of the molecule is CCNC1c2cc(CC(C)C)ccc2CC1C. The van der Waals surface area contributed by atoms with Gasteiger partial charge in [-0.15, -0.1) is 0 Å². The zero-order valence-electron chi connectivity index (χ0n) is 11.6. The first-order chi connectivity index (χ1) is 8.11. The molecule has 1 N–H and O–H groups in total. The van der Waals surface area contributed by atoms with Crippen LogP contribution in [-0.4, -0.2) is 6.54 Å². The molecule has 1 aliphatic carbocycles. The van der Waals surface area contributed by atoms with Crippen LogP contribution in [0.4, 0.5) is 0 Å². The number of rotatable bonds is 4. The van der Waals surface area contributed by atoms with E-state index in [0.29, 0.717) is 6.04 Å². The van der Waals surface area contributed by atoms with Gasteiger partial charge in [0.1, 0.15) is 0 Å². The van der Waals surface area contributed by atoms with Crippen LogP contribution in [0.25, 0.3) is 0 Å². The van der Waals surface area contributed by atoms with Gasteiger partial charge >= 0.3 is 0 Å². The molecular weight excluding hydrogens is 206 g/mol. The Labute approximate surface area is 106 Å². The van der Waals surface area contributed by atoms with Gasteiger partial charge in [-0.3, -0.25) is 0 Å². The first-order valence-corrected chi connectivity index (χ1v) is 6.97. The highest BCUT2D eigenvalue weighted by Gasteiger charge is 2.28. The highest BCUT2D eigenvalue weighted by atomic mass is 14.9. The Morgan fingerprint density at radius 2 is 2.12 bits per heavy atom. The minimum absolute atomic E-state index is 0.571. The van der Waals surface area contributed by atoms with E-state index < -0.39 is 0 Å². The molecule has 0 amide bonds. The summed E-state index contributed by atoms with van der Waals surface area (Å²) in [4.78, 5) is 0. The second-order valence-electron chi connectivity index (χ2n) is 5.85. The summed E-state index contributed by atoms with van der Waals surface area (Å²) < 4.78 is 0. The average molecular weight is 231 g/mol. The summed E-state index contributed by atoms with van der Waals surface area (Å²) >= 11 is 0. The van der Waals surface area contributed by atoms with Crippen molar-refractivity contribution in [2.24, 2.45) is 11.8 Å². The Bertz CT molecular complexity index is 381. The van der Waals surface area contributed by atoms with Crippen molar-refractivity contribution >= 4 is 0 Å². The highest BCUT2D eigenvalue weighted by Crippen LogP contribution is 2.36. The van der Waals surface area contributed by atoms with Crippen molar-refractivity contribution in [1.82, 2.24) is 5.32 Å². The van der Waals surface area contributed by atoms with Gasteiger partial charge in [-0.2, -0.15) is 0 Å². The molecule has 0 bridgehead atoms. The normalized spacial score (nSPS) is 23.1. The van der Waals surface area contributed by atoms with Gasteiger partial charge in [-0.25, -0.2) is 0 Å². The number of hydrogen-bond acceptors (Lipinski definition) is 1. The summed E-state index contributed by atoms with van der Waals surface area (Å²) in [6.07, 6.45) is 2.43. The number of nitrogens with one attached hydrogen (secondary N) is 1. The van der Waals surface area contributed by atoms with E-state index in [4.69, 9.17) is 0 Å². The molecule has 1 heteroatoms. The average Bonchev–Trinajstić information content (AvgIpc) is 2.55. The molecule has 1 aromatic rings. The molecule has 1 aliphatic rings. The fourth-order valence-electron chi connectivity index (χ4n) is 3.02. The van der Waals surface area contributed by atoms with Crippen LogP contribution in [0.1, 0.15) is 50.4 Å². The summed E-state index contributed by atoms with van der Waals surface area (Å²) in [5, 5.41) is 3.63. The predicted molar refractivity (Wildman–Crippen MR) is 74.3 cm³/mol. The van der Waals surface area contributed by atoms with Crippen LogP contribution >= 0.6 is 0 Å². The monoisotopic (exact) mass is 231 g/mol. The summed E-state index contributed by atoms with van der Waals surface area (Å²) in [7, 11) is 0. The molecule has 0 aromatic heterocycles. The van der Waals surface area contributed by atoms with Crippen LogP contribution in [0.2, 0.25) is 0 Å². The van der Waals surface area contributed by atoms with Gasteiger partial charge in [0.2, 0.25) is 0 Å². The second-order valence-corrected chi connectivity index (χ2v) is 5.85. The second kappa shape index (κ2) is 5.22. The van der Waals surface area contributed by atoms with E-state index in [9.17, 15) is 0 Å². The zero-order valence-corrected chi connectivity index (χ0v) is 11.6. The molecular formula is C16H25N. The molecule has 0 radical (unpaired) electrons. The lowest BCUT2D eigenvalue weighted by atomic mass is 9.97. The van der Waals surface area contributed by atoms with E-state index in [-0.39, 0.29) is 0 Å². The number of hydrogen-bond donors (Lipinski definition) is 1. The fraction of sp³-hybridized carbons (Fsp3) is 0.625. The first kappa shape index (κ1) is 12.6. The van der Waals surface area contributed by atoms with E-state index in [1.54, 1.807) is 11.1 Å². The third-order valence-electron chi connectivity index (χ3n) is 3.72. The summed E-state index contributed by atoms with van der Waals surface area (Å²) in [6, 6.07) is 7.68. The van der Waals surface area contributed by atoms with Crippen LogP contribution < -0.4 is 5.32 Å². The smallest absolute Gasteiger partial charge is 0.0351 e. The zero-order chi connectivity index (χ0) is 12.4. The molecule has 1 aromatic carbocycles. The molecule has 2 atom stereocenters. The van der Waals surface area contributed by atoms with Gasteiger partial charge in [0.15, 0.2) is 0 Å². The molecule has 2 rings (SSSR count). The Morgan fingerprint density at radius 1 is 1.35 bits per heavy atom. The first-order valence-electron chi connectivity index (χ1n) is 6.97. The van der Waals surface area contributed by atoms with Crippen molar-refractivity contribution < 1.29 is 0 Å². The Kier molecular flexibility index (Phi) is 3.88. The molecule has 0 fully saturated rings. The summed E-state index contributed by atoms with van der Waals surface area (Å²) in [5.41, 5.74) is 4.60. The van der Waals surface area contributed by atoms with Crippen molar-refractivity contribution in [2.75, 3.05) is 6.54 Å². The Balaban J connectivity index is 2.25. The maximum atomic E-state index is 3.63. The Hall–Kier alpha value is -0.820. The van der Waals surface area contributed by atoms with E-state index in [0.717, 1.165) is 18.4 Å². The van der Waals surface area contributed by atoms with Crippen LogP contribution in [0, 0.1) is 11.8 Å². The lowest BCUT2D eigenvalue weighted by Gasteiger charge is -2.18. The standard InChI is InChI=1S/C16H25N/c1-5-17-16-12(4)9-14-7-6-13(8-11(2)3)10-15(14)16/h6-7,10-12,16-17H,5,8-9H2,1-4H3. The lowest BCUT2D eigenvalue weighted by molar-refractivity contribution is 0.426. The molecule has 94 valence electrons. The molecule has 0 heterocycles. The fourth-order valence-corrected chi connectivity index (χ4v) is 3.02. The minimum Gasteiger partial charge on any atom is -0.310 e. The van der Waals surface area contributed by atoms with Gasteiger partial charge in [0.05, 0.1) is 0 Å². The van der Waals surface area contributed by atoms with Crippen molar-refractivity contribution in [3.05, 3.63) is 34.9 Å². The van der Waals surface area contributed by atoms with Crippen LogP contribution in [0.5, 0.6) is 0 Å². The predicted octanol–water partition coefficient (Wildman–Crippen LogP) is 3.73. The molecule has 0 spiro atoms. The molecule has 0 saturated carbocycles. The van der Waals surface area contributed by atoms with Crippen LogP contribution in [0.15, 0.2) is 18.2 Å². The van der Waals surface area contributed by atoms with Gasteiger partial charge in [-0.1, -0.05) is 45.9 Å². The largest absolute Gasteiger partial charge is 0.310 e. The number of benzene rings is 1. The van der Waals surface area contributed by atoms with E-state index in [2.05, 4.69) is 51.2 Å². The van der Waals surface area contributed by atoms with E-state index >= 15 is 0 Å². The quantitative estimate of drug-likeness (QED) is 0.832. The van der Waals surface area contributed by atoms with Crippen LogP contribution in [0.3, 0.4) is 0 Å². The Morgan fingerprint density at radius 3 is 2.76 bits per heavy atom. The molecule has 1 nitrogen and oxygen atoms in total. The maximum absolute atomic E-state index is 3.63.